The van der Waals surface area contributed by atoms with Crippen molar-refractivity contribution in [3.63, 3.8) is 0 Å². The first-order valence-electron chi connectivity index (χ1n) is 6.58. The minimum absolute atomic E-state index is 0.0865. The molecule has 1 rings (SSSR count). The Morgan fingerprint density at radius 3 is 2.25 bits per heavy atom. The van der Waals surface area contributed by atoms with E-state index in [1.54, 1.807) is 9.47 Å². The van der Waals surface area contributed by atoms with E-state index < -0.39 is 5.43 Å². The molecule has 0 bridgehead atoms. The molecule has 7 nitrogen and oxygen atoms in total. The first kappa shape index (κ1) is 16.6. The standard InChI is InChI=1S/C13H22N2O5/c1-2-15-10(9-18)7-12(19)13(20)11(15)8-14(3-5-16)4-6-17/h7,16-18,20H,2-6,8-9H2,1H3. The summed E-state index contributed by atoms with van der Waals surface area (Å²) < 4.78 is 1.67. The number of pyridine rings is 1. The fraction of sp³-hybridized carbons (Fsp3) is 0.615. The molecule has 1 heterocycles. The van der Waals surface area contributed by atoms with E-state index in [0.29, 0.717) is 31.0 Å². The fourth-order valence-electron chi connectivity index (χ4n) is 2.19. The Labute approximate surface area is 117 Å². The maximum absolute atomic E-state index is 11.7. The summed E-state index contributed by atoms with van der Waals surface area (Å²) in [6, 6.07) is 1.21. The molecule has 0 spiro atoms. The Kier molecular flexibility index (Phi) is 6.66. The molecule has 1 aromatic rings. The molecule has 0 aliphatic rings. The Bertz CT molecular complexity index is 480. The quantitative estimate of drug-likeness (QED) is 0.481. The van der Waals surface area contributed by atoms with Gasteiger partial charge in [0.2, 0.25) is 5.43 Å². The molecule has 0 saturated carbocycles. The highest BCUT2D eigenvalue weighted by Crippen LogP contribution is 2.17. The van der Waals surface area contributed by atoms with Crippen molar-refractivity contribution >= 4 is 0 Å². The predicted molar refractivity (Wildman–Crippen MR) is 73.4 cm³/mol. The van der Waals surface area contributed by atoms with Crippen LogP contribution in [-0.4, -0.2) is 56.2 Å². The third-order valence-electron chi connectivity index (χ3n) is 3.16. The van der Waals surface area contributed by atoms with E-state index in [2.05, 4.69) is 0 Å². The summed E-state index contributed by atoms with van der Waals surface area (Å²) in [5.41, 5.74) is 0.269. The van der Waals surface area contributed by atoms with Gasteiger partial charge in [0, 0.05) is 37.9 Å². The molecule has 0 atom stereocenters. The maximum atomic E-state index is 11.7. The maximum Gasteiger partial charge on any atom is 0.223 e. The lowest BCUT2D eigenvalue weighted by atomic mass is 10.2. The van der Waals surface area contributed by atoms with E-state index in [1.165, 1.54) is 6.07 Å². The van der Waals surface area contributed by atoms with Gasteiger partial charge in [0.1, 0.15) is 0 Å². The Hall–Kier alpha value is -1.41. The van der Waals surface area contributed by atoms with E-state index in [4.69, 9.17) is 10.2 Å². The Morgan fingerprint density at radius 2 is 1.80 bits per heavy atom. The SMILES string of the molecule is CCn1c(CO)cc(=O)c(O)c1CN(CCO)CCO. The van der Waals surface area contributed by atoms with Gasteiger partial charge in [-0.25, -0.2) is 0 Å². The number of nitrogens with zero attached hydrogens (tertiary/aromatic N) is 2. The minimum Gasteiger partial charge on any atom is -0.503 e. The molecule has 0 fully saturated rings. The molecule has 7 heteroatoms. The molecule has 114 valence electrons. The van der Waals surface area contributed by atoms with Gasteiger partial charge in [-0.2, -0.15) is 0 Å². The molecular formula is C13H22N2O5. The zero-order valence-electron chi connectivity index (χ0n) is 11.6. The minimum atomic E-state index is -0.540. The summed E-state index contributed by atoms with van der Waals surface area (Å²) in [6.07, 6.45) is 0. The number of aromatic hydroxyl groups is 1. The third-order valence-corrected chi connectivity index (χ3v) is 3.16. The van der Waals surface area contributed by atoms with E-state index in [9.17, 15) is 15.0 Å². The van der Waals surface area contributed by atoms with Crippen molar-refractivity contribution in [2.75, 3.05) is 26.3 Å². The predicted octanol–water partition coefficient (Wildman–Crippen LogP) is -1.15. The van der Waals surface area contributed by atoms with Gasteiger partial charge in [0.05, 0.1) is 25.5 Å². The topological polar surface area (TPSA) is 106 Å². The largest absolute Gasteiger partial charge is 0.503 e. The smallest absolute Gasteiger partial charge is 0.223 e. The highest BCUT2D eigenvalue weighted by atomic mass is 16.3. The lowest BCUT2D eigenvalue weighted by Crippen LogP contribution is -2.32. The van der Waals surface area contributed by atoms with Crippen LogP contribution in [-0.2, 0) is 19.7 Å². The summed E-state index contributed by atoms with van der Waals surface area (Å²) in [7, 11) is 0. The second-order valence-electron chi connectivity index (χ2n) is 4.42. The van der Waals surface area contributed by atoms with Crippen molar-refractivity contribution in [2.24, 2.45) is 0 Å². The average molecular weight is 286 g/mol. The summed E-state index contributed by atoms with van der Waals surface area (Å²) >= 11 is 0. The molecule has 1 aromatic heterocycles. The molecule has 0 radical (unpaired) electrons. The number of aromatic nitrogens is 1. The first-order chi connectivity index (χ1) is 9.58. The summed E-state index contributed by atoms with van der Waals surface area (Å²) in [4.78, 5) is 13.4. The van der Waals surface area contributed by atoms with Gasteiger partial charge in [-0.1, -0.05) is 0 Å². The van der Waals surface area contributed by atoms with Crippen LogP contribution in [0.25, 0.3) is 0 Å². The van der Waals surface area contributed by atoms with Gasteiger partial charge in [-0.3, -0.25) is 9.69 Å². The van der Waals surface area contributed by atoms with E-state index >= 15 is 0 Å². The number of aliphatic hydroxyl groups is 3. The molecule has 0 unspecified atom stereocenters. The number of aliphatic hydroxyl groups excluding tert-OH is 3. The molecule has 0 saturated heterocycles. The molecule has 0 amide bonds. The van der Waals surface area contributed by atoms with Crippen LogP contribution in [0.5, 0.6) is 5.75 Å². The number of hydrogen-bond donors (Lipinski definition) is 4. The van der Waals surface area contributed by atoms with E-state index in [-0.39, 0.29) is 32.1 Å². The molecule has 0 aliphatic heterocycles. The van der Waals surface area contributed by atoms with Crippen molar-refractivity contribution in [1.29, 1.82) is 0 Å². The zero-order chi connectivity index (χ0) is 15.1. The van der Waals surface area contributed by atoms with Crippen LogP contribution in [0.4, 0.5) is 0 Å². The lowest BCUT2D eigenvalue weighted by Gasteiger charge is -2.24. The van der Waals surface area contributed by atoms with Crippen molar-refractivity contribution in [3.05, 3.63) is 27.7 Å². The van der Waals surface area contributed by atoms with Crippen LogP contribution in [0.1, 0.15) is 18.3 Å². The van der Waals surface area contributed by atoms with Crippen molar-refractivity contribution in [3.8, 4) is 5.75 Å². The van der Waals surface area contributed by atoms with Crippen LogP contribution < -0.4 is 5.43 Å². The Morgan fingerprint density at radius 1 is 1.20 bits per heavy atom. The van der Waals surface area contributed by atoms with Gasteiger partial charge in [0.15, 0.2) is 5.75 Å². The second-order valence-corrected chi connectivity index (χ2v) is 4.42. The van der Waals surface area contributed by atoms with Crippen molar-refractivity contribution < 1.29 is 20.4 Å². The van der Waals surface area contributed by atoms with Crippen LogP contribution in [0.2, 0.25) is 0 Å². The number of hydrogen-bond acceptors (Lipinski definition) is 6. The van der Waals surface area contributed by atoms with Gasteiger partial charge in [0.25, 0.3) is 0 Å². The Balaban J connectivity index is 3.20. The van der Waals surface area contributed by atoms with E-state index in [0.717, 1.165) is 0 Å². The molecular weight excluding hydrogens is 264 g/mol. The van der Waals surface area contributed by atoms with Crippen molar-refractivity contribution in [1.82, 2.24) is 9.47 Å². The highest BCUT2D eigenvalue weighted by Gasteiger charge is 2.16. The van der Waals surface area contributed by atoms with Gasteiger partial charge >= 0.3 is 0 Å². The summed E-state index contributed by atoms with van der Waals surface area (Å²) in [6.45, 7) is 2.72. The van der Waals surface area contributed by atoms with Gasteiger partial charge in [-0.15, -0.1) is 0 Å². The monoisotopic (exact) mass is 286 g/mol. The van der Waals surface area contributed by atoms with Gasteiger partial charge < -0.3 is 25.0 Å². The summed E-state index contributed by atoms with van der Waals surface area (Å²) in [5, 5.41) is 37.2. The van der Waals surface area contributed by atoms with Crippen LogP contribution >= 0.6 is 0 Å². The molecule has 0 aromatic carbocycles. The highest BCUT2D eigenvalue weighted by molar-refractivity contribution is 5.30. The normalized spacial score (nSPS) is 11.2. The molecule has 0 aliphatic carbocycles. The second kappa shape index (κ2) is 8.01. The number of rotatable bonds is 8. The average Bonchev–Trinajstić information content (AvgIpc) is 2.44. The first-order valence-corrected chi connectivity index (χ1v) is 6.58. The molecule has 4 N–H and O–H groups in total. The van der Waals surface area contributed by atoms with E-state index in [1.807, 2.05) is 6.92 Å². The van der Waals surface area contributed by atoms with Crippen LogP contribution in [0.15, 0.2) is 10.9 Å². The molecule has 20 heavy (non-hydrogen) atoms. The zero-order valence-corrected chi connectivity index (χ0v) is 11.6. The van der Waals surface area contributed by atoms with Gasteiger partial charge in [-0.05, 0) is 6.92 Å². The van der Waals surface area contributed by atoms with Crippen molar-refractivity contribution in [2.45, 2.75) is 26.6 Å². The summed E-state index contributed by atoms with van der Waals surface area (Å²) in [5.74, 6) is -0.357. The third kappa shape index (κ3) is 3.80. The van der Waals surface area contributed by atoms with Crippen LogP contribution in [0, 0.1) is 0 Å². The van der Waals surface area contributed by atoms with Crippen LogP contribution in [0.3, 0.4) is 0 Å². The lowest BCUT2D eigenvalue weighted by molar-refractivity contribution is 0.151. The fourth-order valence-corrected chi connectivity index (χ4v) is 2.19.